The van der Waals surface area contributed by atoms with Gasteiger partial charge >= 0.3 is 5.97 Å². The van der Waals surface area contributed by atoms with E-state index in [0.29, 0.717) is 13.0 Å². The third-order valence-corrected chi connectivity index (χ3v) is 4.45. The molecule has 0 radical (unpaired) electrons. The minimum atomic E-state index is -0.0549. The standard InChI is InChI=1S/C20H36N2O2/c1-3-5-7-8-9-10-12-13-19-21-15-16-22(19)17-18-24-20(23)14-11-6-4-2/h3H,1,4-18H2,2H3. The lowest BCUT2D eigenvalue weighted by atomic mass is 10.1. The topological polar surface area (TPSA) is 41.9 Å². The molecule has 0 spiro atoms. The highest BCUT2D eigenvalue weighted by Crippen LogP contribution is 2.12. The van der Waals surface area contributed by atoms with Crippen molar-refractivity contribution >= 4 is 11.8 Å². The molecule has 0 saturated heterocycles. The van der Waals surface area contributed by atoms with E-state index in [1.54, 1.807) is 0 Å². The lowest BCUT2D eigenvalue weighted by molar-refractivity contribution is -0.143. The summed E-state index contributed by atoms with van der Waals surface area (Å²) >= 11 is 0. The lowest BCUT2D eigenvalue weighted by Crippen LogP contribution is -2.31. The Morgan fingerprint density at radius 1 is 1.21 bits per heavy atom. The average molecular weight is 337 g/mol. The summed E-state index contributed by atoms with van der Waals surface area (Å²) in [6.07, 6.45) is 14.3. The number of esters is 1. The van der Waals surface area contributed by atoms with Crippen LogP contribution in [0.25, 0.3) is 0 Å². The number of carbonyl (C=O) groups is 1. The number of unbranched alkanes of at least 4 members (excludes halogenated alkanes) is 7. The van der Waals surface area contributed by atoms with Gasteiger partial charge in [0.25, 0.3) is 0 Å². The highest BCUT2D eigenvalue weighted by Gasteiger charge is 2.16. The second kappa shape index (κ2) is 14.1. The van der Waals surface area contributed by atoms with Gasteiger partial charge in [-0.05, 0) is 25.7 Å². The predicted octanol–water partition coefficient (Wildman–Crippen LogP) is 4.74. The zero-order chi connectivity index (χ0) is 17.5. The molecule has 0 unspecified atom stereocenters. The Morgan fingerprint density at radius 3 is 2.79 bits per heavy atom. The monoisotopic (exact) mass is 336 g/mol. The second-order valence-electron chi connectivity index (χ2n) is 6.56. The molecule has 0 amide bonds. The molecule has 0 aromatic carbocycles. The summed E-state index contributed by atoms with van der Waals surface area (Å²) in [7, 11) is 0. The number of amidine groups is 1. The maximum Gasteiger partial charge on any atom is 0.305 e. The molecule has 0 aromatic heterocycles. The molecule has 1 aliphatic rings. The fourth-order valence-corrected chi connectivity index (χ4v) is 2.97. The van der Waals surface area contributed by atoms with Gasteiger partial charge in [0.2, 0.25) is 0 Å². The molecular weight excluding hydrogens is 300 g/mol. The molecule has 0 saturated carbocycles. The number of hydrogen-bond acceptors (Lipinski definition) is 4. The number of aliphatic imine (C=N–C) groups is 1. The molecule has 0 N–H and O–H groups in total. The van der Waals surface area contributed by atoms with E-state index in [4.69, 9.17) is 4.74 Å². The number of ether oxygens (including phenoxy) is 1. The summed E-state index contributed by atoms with van der Waals surface area (Å²) in [5, 5.41) is 0. The molecule has 1 aliphatic heterocycles. The number of nitrogens with zero attached hydrogens (tertiary/aromatic N) is 2. The van der Waals surface area contributed by atoms with E-state index in [0.717, 1.165) is 51.7 Å². The van der Waals surface area contributed by atoms with Crippen molar-refractivity contribution < 1.29 is 9.53 Å². The maximum absolute atomic E-state index is 11.6. The third-order valence-electron chi connectivity index (χ3n) is 4.45. The van der Waals surface area contributed by atoms with Crippen LogP contribution in [0.1, 0.15) is 77.6 Å². The van der Waals surface area contributed by atoms with Gasteiger partial charge < -0.3 is 9.64 Å². The molecule has 0 atom stereocenters. The van der Waals surface area contributed by atoms with Crippen molar-refractivity contribution in [2.24, 2.45) is 4.99 Å². The van der Waals surface area contributed by atoms with E-state index in [-0.39, 0.29) is 5.97 Å². The number of allylic oxidation sites excluding steroid dienone is 1. The van der Waals surface area contributed by atoms with E-state index in [9.17, 15) is 4.79 Å². The van der Waals surface area contributed by atoms with E-state index in [1.807, 2.05) is 6.08 Å². The Labute approximate surface area is 148 Å². The quantitative estimate of drug-likeness (QED) is 0.246. The Balaban J connectivity index is 2.06. The highest BCUT2D eigenvalue weighted by atomic mass is 16.5. The van der Waals surface area contributed by atoms with E-state index in [1.165, 1.54) is 37.9 Å². The fraction of sp³-hybridized carbons (Fsp3) is 0.800. The van der Waals surface area contributed by atoms with E-state index >= 15 is 0 Å². The predicted molar refractivity (Wildman–Crippen MR) is 101 cm³/mol. The van der Waals surface area contributed by atoms with Crippen molar-refractivity contribution in [2.75, 3.05) is 26.2 Å². The van der Waals surface area contributed by atoms with Crippen LogP contribution in [0.15, 0.2) is 17.6 Å². The van der Waals surface area contributed by atoms with Crippen LogP contribution in [0.2, 0.25) is 0 Å². The second-order valence-corrected chi connectivity index (χ2v) is 6.56. The molecule has 0 aromatic rings. The molecule has 0 bridgehead atoms. The van der Waals surface area contributed by atoms with Gasteiger partial charge in [-0.1, -0.05) is 45.1 Å². The van der Waals surface area contributed by atoms with Gasteiger partial charge in [0.15, 0.2) is 0 Å². The van der Waals surface area contributed by atoms with E-state index in [2.05, 4.69) is 23.4 Å². The van der Waals surface area contributed by atoms with Gasteiger partial charge in [-0.2, -0.15) is 0 Å². The SMILES string of the molecule is C=CCCCCCCCC1=NCCN1CCOC(=O)CCCCC. The van der Waals surface area contributed by atoms with Crippen molar-refractivity contribution in [1.82, 2.24) is 4.90 Å². The highest BCUT2D eigenvalue weighted by molar-refractivity contribution is 5.83. The molecule has 24 heavy (non-hydrogen) atoms. The Hall–Kier alpha value is -1.32. The molecule has 0 fully saturated rings. The first-order valence-electron chi connectivity index (χ1n) is 9.82. The molecule has 0 aliphatic carbocycles. The van der Waals surface area contributed by atoms with Crippen LogP contribution >= 0.6 is 0 Å². The van der Waals surface area contributed by atoms with E-state index < -0.39 is 0 Å². The van der Waals surface area contributed by atoms with Crippen molar-refractivity contribution in [1.29, 1.82) is 0 Å². The van der Waals surface area contributed by atoms with Gasteiger partial charge in [0.1, 0.15) is 6.61 Å². The van der Waals surface area contributed by atoms with Gasteiger partial charge in [0.05, 0.1) is 18.9 Å². The number of carbonyl (C=O) groups excluding carboxylic acids is 1. The molecule has 4 heteroatoms. The summed E-state index contributed by atoms with van der Waals surface area (Å²) < 4.78 is 5.34. The van der Waals surface area contributed by atoms with Crippen LogP contribution in [-0.4, -0.2) is 42.9 Å². The zero-order valence-electron chi connectivity index (χ0n) is 15.6. The Bertz CT molecular complexity index is 380. The average Bonchev–Trinajstić information content (AvgIpc) is 3.02. The zero-order valence-corrected chi connectivity index (χ0v) is 15.6. The summed E-state index contributed by atoms with van der Waals surface area (Å²) in [6, 6.07) is 0. The van der Waals surface area contributed by atoms with Gasteiger partial charge in [-0.15, -0.1) is 6.58 Å². The van der Waals surface area contributed by atoms with Crippen LogP contribution < -0.4 is 0 Å². The van der Waals surface area contributed by atoms with Crippen LogP contribution in [-0.2, 0) is 9.53 Å². The first kappa shape index (κ1) is 20.7. The molecular formula is C20H36N2O2. The van der Waals surface area contributed by atoms with Crippen LogP contribution in [0, 0.1) is 0 Å². The summed E-state index contributed by atoms with van der Waals surface area (Å²) in [5.74, 6) is 1.16. The van der Waals surface area contributed by atoms with Crippen molar-refractivity contribution in [3.63, 3.8) is 0 Å². The molecule has 4 nitrogen and oxygen atoms in total. The minimum absolute atomic E-state index is 0.0549. The summed E-state index contributed by atoms with van der Waals surface area (Å²) in [5.41, 5.74) is 0. The summed E-state index contributed by atoms with van der Waals surface area (Å²) in [4.78, 5) is 18.5. The summed E-state index contributed by atoms with van der Waals surface area (Å²) in [6.45, 7) is 9.04. The van der Waals surface area contributed by atoms with Crippen molar-refractivity contribution in [2.45, 2.75) is 77.6 Å². The molecule has 138 valence electrons. The minimum Gasteiger partial charge on any atom is -0.464 e. The van der Waals surface area contributed by atoms with Crippen molar-refractivity contribution in [3.8, 4) is 0 Å². The van der Waals surface area contributed by atoms with Crippen LogP contribution in [0.5, 0.6) is 0 Å². The lowest BCUT2D eigenvalue weighted by Gasteiger charge is -2.20. The maximum atomic E-state index is 11.6. The first-order chi connectivity index (χ1) is 11.8. The van der Waals surface area contributed by atoms with Gasteiger partial charge in [0, 0.05) is 19.4 Å². The largest absolute Gasteiger partial charge is 0.464 e. The normalized spacial score (nSPS) is 13.9. The van der Waals surface area contributed by atoms with Gasteiger partial charge in [-0.3, -0.25) is 9.79 Å². The first-order valence-corrected chi connectivity index (χ1v) is 9.82. The molecule has 1 heterocycles. The Morgan fingerprint density at radius 2 is 2.00 bits per heavy atom. The van der Waals surface area contributed by atoms with Gasteiger partial charge in [-0.25, -0.2) is 0 Å². The van der Waals surface area contributed by atoms with Crippen molar-refractivity contribution in [3.05, 3.63) is 12.7 Å². The van der Waals surface area contributed by atoms with Crippen LogP contribution in [0.4, 0.5) is 0 Å². The van der Waals surface area contributed by atoms with Crippen LogP contribution in [0.3, 0.4) is 0 Å². The Kier molecular flexibility index (Phi) is 12.1. The smallest absolute Gasteiger partial charge is 0.305 e. The number of hydrogen-bond donors (Lipinski definition) is 0. The third kappa shape index (κ3) is 9.74. The number of rotatable bonds is 15. The fourth-order valence-electron chi connectivity index (χ4n) is 2.97. The molecule has 1 rings (SSSR count).